The molecule has 3 amide bonds. The third-order valence-electron chi connectivity index (χ3n) is 4.45. The van der Waals surface area contributed by atoms with E-state index in [4.69, 9.17) is 16.3 Å². The molecule has 4 rings (SSSR count). The number of benzene rings is 2. The monoisotopic (exact) mass is 407 g/mol. The number of aromatic nitrogens is 1. The number of carbonyl (C=O) groups excluding carboxylic acids is 3. The number of rotatable bonds is 4. The van der Waals surface area contributed by atoms with E-state index in [0.717, 1.165) is 4.90 Å². The highest BCUT2D eigenvalue weighted by atomic mass is 35.5. The molecule has 0 bridgehead atoms. The van der Waals surface area contributed by atoms with Gasteiger partial charge in [0.25, 0.3) is 17.7 Å². The maximum absolute atomic E-state index is 12.9. The van der Waals surface area contributed by atoms with Crippen LogP contribution in [-0.2, 0) is 0 Å². The molecular formula is C21H14ClN3O4. The highest BCUT2D eigenvalue weighted by Gasteiger charge is 2.38. The van der Waals surface area contributed by atoms with Crippen molar-refractivity contribution in [2.45, 2.75) is 0 Å². The molecule has 2 heterocycles. The van der Waals surface area contributed by atoms with Gasteiger partial charge in [-0.05, 0) is 36.4 Å². The average Bonchev–Trinajstić information content (AvgIpc) is 2.99. The van der Waals surface area contributed by atoms with Crippen molar-refractivity contribution < 1.29 is 19.1 Å². The number of carbonyl (C=O) groups is 3. The predicted octanol–water partition coefficient (Wildman–Crippen LogP) is 3.80. The predicted molar refractivity (Wildman–Crippen MR) is 108 cm³/mol. The van der Waals surface area contributed by atoms with E-state index in [0.29, 0.717) is 17.3 Å². The Hall–Kier alpha value is -3.71. The Morgan fingerprint density at radius 2 is 1.79 bits per heavy atom. The van der Waals surface area contributed by atoms with Gasteiger partial charge in [-0.3, -0.25) is 14.4 Å². The third-order valence-corrected chi connectivity index (χ3v) is 4.77. The molecule has 0 unspecified atom stereocenters. The molecule has 0 radical (unpaired) electrons. The number of methoxy groups -OCH3 is 1. The third kappa shape index (κ3) is 3.32. The molecule has 0 fully saturated rings. The van der Waals surface area contributed by atoms with Crippen molar-refractivity contribution >= 4 is 40.7 Å². The number of hydrogen-bond acceptors (Lipinski definition) is 5. The zero-order chi connectivity index (χ0) is 20.5. The Bertz CT molecular complexity index is 1140. The molecule has 7 nitrogen and oxygen atoms in total. The molecule has 0 saturated heterocycles. The maximum Gasteiger partial charge on any atom is 0.266 e. The molecule has 2 aromatic carbocycles. The highest BCUT2D eigenvalue weighted by molar-refractivity contribution is 6.40. The fraction of sp³-hybridized carbons (Fsp3) is 0.0476. The van der Waals surface area contributed by atoms with E-state index in [1.54, 1.807) is 36.4 Å². The Morgan fingerprint density at radius 1 is 1.03 bits per heavy atom. The summed E-state index contributed by atoms with van der Waals surface area (Å²) in [4.78, 5) is 43.2. The standard InChI is InChI=1S/C21H14ClN3O4/c1-29-18-9-7-13(11-23-18)24-19(26)12-6-8-14-15(10-12)21(28)25(20(14)27)17-5-3-2-4-16(17)22/h2-11H,1H3,(H,24,26). The summed E-state index contributed by atoms with van der Waals surface area (Å²) in [6, 6.07) is 14.2. The van der Waals surface area contributed by atoms with E-state index in [-0.39, 0.29) is 21.7 Å². The zero-order valence-electron chi connectivity index (χ0n) is 15.2. The van der Waals surface area contributed by atoms with Crippen LogP contribution < -0.4 is 15.0 Å². The van der Waals surface area contributed by atoms with Crippen molar-refractivity contribution in [3.8, 4) is 5.88 Å². The number of fused-ring (bicyclic) bond motifs is 1. The summed E-state index contributed by atoms with van der Waals surface area (Å²) >= 11 is 6.15. The molecule has 144 valence electrons. The van der Waals surface area contributed by atoms with Crippen LogP contribution in [0.2, 0.25) is 5.02 Å². The topological polar surface area (TPSA) is 88.6 Å². The Morgan fingerprint density at radius 3 is 2.48 bits per heavy atom. The lowest BCUT2D eigenvalue weighted by molar-refractivity contribution is 0.0925. The van der Waals surface area contributed by atoms with Crippen molar-refractivity contribution in [1.82, 2.24) is 4.98 Å². The fourth-order valence-corrected chi connectivity index (χ4v) is 3.23. The van der Waals surface area contributed by atoms with Crippen molar-refractivity contribution in [3.63, 3.8) is 0 Å². The second-order valence-electron chi connectivity index (χ2n) is 6.20. The summed E-state index contributed by atoms with van der Waals surface area (Å²) in [6.45, 7) is 0. The van der Waals surface area contributed by atoms with Gasteiger partial charge in [0.2, 0.25) is 5.88 Å². The Balaban J connectivity index is 1.61. The van der Waals surface area contributed by atoms with Crippen molar-refractivity contribution in [2.24, 2.45) is 0 Å². The molecule has 0 atom stereocenters. The van der Waals surface area contributed by atoms with Gasteiger partial charge in [0, 0.05) is 11.6 Å². The fourth-order valence-electron chi connectivity index (χ4n) is 3.01. The summed E-state index contributed by atoms with van der Waals surface area (Å²) < 4.78 is 4.98. The van der Waals surface area contributed by atoms with Gasteiger partial charge in [0.15, 0.2) is 0 Å². The van der Waals surface area contributed by atoms with Gasteiger partial charge in [-0.1, -0.05) is 23.7 Å². The van der Waals surface area contributed by atoms with E-state index in [2.05, 4.69) is 10.3 Å². The summed E-state index contributed by atoms with van der Waals surface area (Å²) in [5.41, 5.74) is 1.38. The number of pyridine rings is 1. The number of anilines is 2. The largest absolute Gasteiger partial charge is 0.481 e. The molecule has 1 N–H and O–H groups in total. The second-order valence-corrected chi connectivity index (χ2v) is 6.61. The highest BCUT2D eigenvalue weighted by Crippen LogP contribution is 2.33. The number of nitrogens with one attached hydrogen (secondary N) is 1. The Kier molecular flexibility index (Phi) is 4.74. The van der Waals surface area contributed by atoms with Crippen LogP contribution in [0, 0.1) is 0 Å². The zero-order valence-corrected chi connectivity index (χ0v) is 15.9. The molecule has 3 aromatic rings. The van der Waals surface area contributed by atoms with Crippen LogP contribution in [0.5, 0.6) is 5.88 Å². The summed E-state index contributed by atoms with van der Waals surface area (Å²) in [5, 5.41) is 2.98. The first-order valence-corrected chi connectivity index (χ1v) is 8.96. The number of halogens is 1. The summed E-state index contributed by atoms with van der Waals surface area (Å²) in [6.07, 6.45) is 1.46. The summed E-state index contributed by atoms with van der Waals surface area (Å²) in [7, 11) is 1.50. The van der Waals surface area contributed by atoms with Gasteiger partial charge in [-0.2, -0.15) is 0 Å². The van der Waals surface area contributed by atoms with Gasteiger partial charge >= 0.3 is 0 Å². The normalized spacial score (nSPS) is 12.7. The van der Waals surface area contributed by atoms with Crippen LogP contribution in [-0.4, -0.2) is 29.8 Å². The SMILES string of the molecule is COc1ccc(NC(=O)c2ccc3c(c2)C(=O)N(c2ccccc2Cl)C3=O)cn1. The van der Waals surface area contributed by atoms with E-state index in [1.807, 2.05) is 0 Å². The number of imide groups is 1. The van der Waals surface area contributed by atoms with Gasteiger partial charge in [0.1, 0.15) is 0 Å². The van der Waals surface area contributed by atoms with E-state index in [1.165, 1.54) is 31.5 Å². The van der Waals surface area contributed by atoms with Crippen molar-refractivity contribution in [1.29, 1.82) is 0 Å². The average molecular weight is 408 g/mol. The minimum atomic E-state index is -0.529. The van der Waals surface area contributed by atoms with Crippen molar-refractivity contribution in [3.05, 3.63) is 82.5 Å². The van der Waals surface area contributed by atoms with E-state index in [9.17, 15) is 14.4 Å². The molecular weight excluding hydrogens is 394 g/mol. The number of ether oxygens (including phenoxy) is 1. The minimum Gasteiger partial charge on any atom is -0.481 e. The number of para-hydroxylation sites is 1. The lowest BCUT2D eigenvalue weighted by Gasteiger charge is -2.15. The quantitative estimate of drug-likeness (QED) is 0.664. The molecule has 8 heteroatoms. The molecule has 0 aliphatic carbocycles. The molecule has 1 aliphatic heterocycles. The molecule has 0 saturated carbocycles. The lowest BCUT2D eigenvalue weighted by atomic mass is 10.1. The van der Waals surface area contributed by atoms with E-state index >= 15 is 0 Å². The van der Waals surface area contributed by atoms with Crippen LogP contribution in [0.15, 0.2) is 60.8 Å². The van der Waals surface area contributed by atoms with Gasteiger partial charge in [-0.15, -0.1) is 0 Å². The number of nitrogens with zero attached hydrogens (tertiary/aromatic N) is 2. The van der Waals surface area contributed by atoms with Crippen LogP contribution in [0.4, 0.5) is 11.4 Å². The Labute approximate surface area is 170 Å². The first-order chi connectivity index (χ1) is 14.0. The van der Waals surface area contributed by atoms with E-state index < -0.39 is 17.7 Å². The van der Waals surface area contributed by atoms with Gasteiger partial charge in [0.05, 0.1) is 40.8 Å². The maximum atomic E-state index is 12.9. The first-order valence-electron chi connectivity index (χ1n) is 8.58. The van der Waals surface area contributed by atoms with Gasteiger partial charge < -0.3 is 10.1 Å². The van der Waals surface area contributed by atoms with Crippen LogP contribution in [0.1, 0.15) is 31.1 Å². The molecule has 1 aliphatic rings. The van der Waals surface area contributed by atoms with Gasteiger partial charge in [-0.25, -0.2) is 9.88 Å². The smallest absolute Gasteiger partial charge is 0.266 e. The first kappa shape index (κ1) is 18.6. The number of hydrogen-bond donors (Lipinski definition) is 1. The van der Waals surface area contributed by atoms with Crippen LogP contribution >= 0.6 is 11.6 Å². The second kappa shape index (κ2) is 7.37. The van der Waals surface area contributed by atoms with Crippen LogP contribution in [0.25, 0.3) is 0 Å². The molecule has 1 aromatic heterocycles. The number of amides is 3. The van der Waals surface area contributed by atoms with Crippen molar-refractivity contribution in [2.75, 3.05) is 17.3 Å². The molecule has 0 spiro atoms. The molecule has 29 heavy (non-hydrogen) atoms. The van der Waals surface area contributed by atoms with Crippen LogP contribution in [0.3, 0.4) is 0 Å². The minimum absolute atomic E-state index is 0.149. The lowest BCUT2D eigenvalue weighted by Crippen LogP contribution is -2.29. The summed E-state index contributed by atoms with van der Waals surface area (Å²) in [5.74, 6) is -1.02.